The second-order valence-electron chi connectivity index (χ2n) is 9.55. The van der Waals surface area contributed by atoms with Gasteiger partial charge in [-0.3, -0.25) is 0 Å². The Bertz CT molecular complexity index is 1900. The summed E-state index contributed by atoms with van der Waals surface area (Å²) in [6.45, 7) is 0. The molecule has 0 fully saturated rings. The van der Waals surface area contributed by atoms with Gasteiger partial charge in [0.05, 0.1) is 11.6 Å². The molecule has 0 amide bonds. The van der Waals surface area contributed by atoms with Crippen LogP contribution in [0.1, 0.15) is 22.6 Å². The van der Waals surface area contributed by atoms with Crippen molar-refractivity contribution in [2.24, 2.45) is 0 Å². The zero-order chi connectivity index (χ0) is 28.7. The third-order valence-corrected chi connectivity index (χ3v) is 6.79. The Morgan fingerprint density at radius 2 is 1.07 bits per heavy atom. The van der Waals surface area contributed by atoms with Gasteiger partial charge in [-0.15, -0.1) is 0 Å². The lowest BCUT2D eigenvalue weighted by Crippen LogP contribution is -2.09. The van der Waals surface area contributed by atoms with Gasteiger partial charge in [-0.25, -0.2) is 4.98 Å². The second-order valence-corrected chi connectivity index (χ2v) is 9.55. The van der Waals surface area contributed by atoms with Crippen molar-refractivity contribution in [3.05, 3.63) is 156 Å². The summed E-state index contributed by atoms with van der Waals surface area (Å²) in [4.78, 5) is 6.61. The van der Waals surface area contributed by atoms with Gasteiger partial charge in [0.15, 0.2) is 5.58 Å². The van der Waals surface area contributed by atoms with Crippen LogP contribution in [0.15, 0.2) is 138 Å². The number of nitriles is 2. The monoisotopic (exact) mass is 540 g/mol. The second kappa shape index (κ2) is 11.9. The third-order valence-electron chi connectivity index (χ3n) is 6.79. The minimum atomic E-state index is 0.288. The van der Waals surface area contributed by atoms with Crippen LogP contribution >= 0.6 is 0 Å². The molecule has 5 aromatic carbocycles. The average Bonchev–Trinajstić information content (AvgIpc) is 3.49. The maximum absolute atomic E-state index is 9.98. The van der Waals surface area contributed by atoms with Gasteiger partial charge >= 0.3 is 0 Å². The highest BCUT2D eigenvalue weighted by Gasteiger charge is 2.13. The molecule has 5 nitrogen and oxygen atoms in total. The maximum Gasteiger partial charge on any atom is 0.238 e. The van der Waals surface area contributed by atoms with E-state index in [-0.39, 0.29) is 5.89 Å². The minimum Gasteiger partial charge on any atom is -0.435 e. The number of hydrogen-bond donors (Lipinski definition) is 0. The first kappa shape index (κ1) is 26.1. The highest BCUT2D eigenvalue weighted by atomic mass is 16.3. The number of para-hydroxylation sites is 4. The number of allylic oxidation sites excluding steroid dienone is 2. The van der Waals surface area contributed by atoms with Gasteiger partial charge in [-0.2, -0.15) is 10.5 Å². The van der Waals surface area contributed by atoms with Crippen molar-refractivity contribution in [1.82, 2.24) is 4.98 Å². The standard InChI is InChI=1S/C37H24N4O/c38-25-30(29-19-21-34(22-20-29)41(32-9-3-1-4-10-32)33-11-5-2-6-12-33)23-27-15-17-28(18-16-27)24-31(26-39)37-40-35-13-7-8-14-36(35)42-37/h1-24H/b30-23+,31-24+. The van der Waals surface area contributed by atoms with E-state index >= 15 is 0 Å². The topological polar surface area (TPSA) is 76.8 Å². The number of benzene rings is 5. The van der Waals surface area contributed by atoms with Crippen molar-refractivity contribution in [2.45, 2.75) is 0 Å². The summed E-state index contributed by atoms with van der Waals surface area (Å²) in [6, 6.07) is 48.0. The fourth-order valence-electron chi connectivity index (χ4n) is 4.72. The van der Waals surface area contributed by atoms with Crippen molar-refractivity contribution < 1.29 is 4.42 Å². The van der Waals surface area contributed by atoms with Crippen molar-refractivity contribution in [3.63, 3.8) is 0 Å². The zero-order valence-corrected chi connectivity index (χ0v) is 22.6. The summed E-state index contributed by atoms with van der Waals surface area (Å²) >= 11 is 0. The lowest BCUT2D eigenvalue weighted by molar-refractivity contribution is 0.586. The third kappa shape index (κ3) is 5.58. The Morgan fingerprint density at radius 1 is 0.571 bits per heavy atom. The van der Waals surface area contributed by atoms with Crippen LogP contribution in [0.3, 0.4) is 0 Å². The van der Waals surface area contributed by atoms with E-state index in [1.165, 1.54) is 0 Å². The summed E-state index contributed by atoms with van der Waals surface area (Å²) in [7, 11) is 0. The van der Waals surface area contributed by atoms with Gasteiger partial charge in [-0.05, 0) is 77.4 Å². The van der Waals surface area contributed by atoms with E-state index < -0.39 is 0 Å². The Kier molecular flexibility index (Phi) is 7.40. The molecular formula is C37H24N4O. The van der Waals surface area contributed by atoms with Crippen LogP contribution < -0.4 is 4.90 Å². The molecule has 0 bridgehead atoms. The number of anilines is 3. The van der Waals surface area contributed by atoms with E-state index in [2.05, 4.69) is 46.3 Å². The smallest absolute Gasteiger partial charge is 0.238 e. The molecular weight excluding hydrogens is 516 g/mol. The lowest BCUT2D eigenvalue weighted by atomic mass is 10.0. The van der Waals surface area contributed by atoms with E-state index in [0.29, 0.717) is 22.2 Å². The van der Waals surface area contributed by atoms with Gasteiger partial charge < -0.3 is 9.32 Å². The number of aromatic nitrogens is 1. The van der Waals surface area contributed by atoms with Crippen molar-refractivity contribution in [1.29, 1.82) is 10.5 Å². The van der Waals surface area contributed by atoms with E-state index in [0.717, 1.165) is 33.8 Å². The molecule has 1 aromatic heterocycles. The SMILES string of the molecule is N#C/C(=C\c1ccc(/C=C(\C#N)c2nc3ccccc3o2)cc1)c1ccc(N(c2ccccc2)c2ccccc2)cc1. The average molecular weight is 541 g/mol. The first-order chi connectivity index (χ1) is 20.7. The van der Waals surface area contributed by atoms with Crippen molar-refractivity contribution in [3.8, 4) is 12.1 Å². The number of hydrogen-bond acceptors (Lipinski definition) is 5. The van der Waals surface area contributed by atoms with Crippen LogP contribution in [0.2, 0.25) is 0 Å². The molecule has 0 N–H and O–H groups in total. The maximum atomic E-state index is 9.98. The molecule has 0 atom stereocenters. The summed E-state index contributed by atoms with van der Waals surface area (Å²) in [5.41, 5.74) is 7.88. The molecule has 0 aliphatic carbocycles. The molecule has 5 heteroatoms. The van der Waals surface area contributed by atoms with Gasteiger partial charge in [-0.1, -0.05) is 84.9 Å². The molecule has 42 heavy (non-hydrogen) atoms. The van der Waals surface area contributed by atoms with Crippen molar-refractivity contribution >= 4 is 51.5 Å². The van der Waals surface area contributed by atoms with Crippen LogP contribution in [0.25, 0.3) is 34.4 Å². The predicted octanol–water partition coefficient (Wildman–Crippen LogP) is 9.43. The fraction of sp³-hybridized carbons (Fsp3) is 0. The Labute approximate surface area is 244 Å². The number of oxazole rings is 1. The minimum absolute atomic E-state index is 0.288. The largest absolute Gasteiger partial charge is 0.435 e. The molecule has 6 rings (SSSR count). The molecule has 0 spiro atoms. The Morgan fingerprint density at radius 3 is 1.62 bits per heavy atom. The number of fused-ring (bicyclic) bond motifs is 1. The summed E-state index contributed by atoms with van der Waals surface area (Å²) in [6.07, 6.45) is 3.61. The zero-order valence-electron chi connectivity index (χ0n) is 22.6. The molecule has 0 aliphatic heterocycles. The van der Waals surface area contributed by atoms with Crippen LogP contribution in [0, 0.1) is 22.7 Å². The quantitative estimate of drug-likeness (QED) is 0.149. The molecule has 1 heterocycles. The molecule has 0 radical (unpaired) electrons. The molecule has 0 unspecified atom stereocenters. The molecule has 0 aliphatic rings. The van der Waals surface area contributed by atoms with E-state index in [4.69, 9.17) is 4.42 Å². The molecule has 6 aromatic rings. The first-order valence-corrected chi connectivity index (χ1v) is 13.4. The normalized spacial score (nSPS) is 11.6. The molecule has 198 valence electrons. The first-order valence-electron chi connectivity index (χ1n) is 13.4. The van der Waals surface area contributed by atoms with Gasteiger partial charge in [0.25, 0.3) is 0 Å². The highest BCUT2D eigenvalue weighted by Crippen LogP contribution is 2.35. The number of nitrogens with zero attached hydrogens (tertiary/aromatic N) is 4. The van der Waals surface area contributed by atoms with Crippen LogP contribution in [-0.2, 0) is 0 Å². The van der Waals surface area contributed by atoms with E-state index in [1.807, 2.05) is 115 Å². The van der Waals surface area contributed by atoms with Crippen LogP contribution in [0.4, 0.5) is 17.1 Å². The van der Waals surface area contributed by atoms with Crippen LogP contribution in [0.5, 0.6) is 0 Å². The lowest BCUT2D eigenvalue weighted by Gasteiger charge is -2.25. The van der Waals surface area contributed by atoms with E-state index in [9.17, 15) is 10.5 Å². The molecule has 0 saturated heterocycles. The highest BCUT2D eigenvalue weighted by molar-refractivity contribution is 5.91. The van der Waals surface area contributed by atoms with Gasteiger partial charge in [0.1, 0.15) is 17.2 Å². The number of rotatable bonds is 7. The Balaban J connectivity index is 1.25. The summed E-state index contributed by atoms with van der Waals surface area (Å²) in [5, 5.41) is 19.7. The molecule has 0 saturated carbocycles. The van der Waals surface area contributed by atoms with Gasteiger partial charge in [0.2, 0.25) is 5.89 Å². The summed E-state index contributed by atoms with van der Waals surface area (Å²) < 4.78 is 5.76. The predicted molar refractivity (Wildman–Crippen MR) is 169 cm³/mol. The van der Waals surface area contributed by atoms with Crippen molar-refractivity contribution in [2.75, 3.05) is 4.90 Å². The Hall–Kier alpha value is -6.17. The summed E-state index contributed by atoms with van der Waals surface area (Å²) in [5.74, 6) is 0.288. The van der Waals surface area contributed by atoms with Gasteiger partial charge in [0, 0.05) is 17.1 Å². The fourth-order valence-corrected chi connectivity index (χ4v) is 4.72. The van der Waals surface area contributed by atoms with E-state index in [1.54, 1.807) is 6.08 Å². The van der Waals surface area contributed by atoms with Crippen LogP contribution in [-0.4, -0.2) is 4.98 Å².